The van der Waals surface area contributed by atoms with Crippen LogP contribution >= 0.6 is 0 Å². The van der Waals surface area contributed by atoms with Gasteiger partial charge in [-0.25, -0.2) is 0 Å². The molecule has 1 aliphatic heterocycles. The topological polar surface area (TPSA) is 46.2 Å². The molecular weight excluding hydrogens is 356 g/mol. The average Bonchev–Trinajstić information content (AvgIpc) is 2.76. The van der Waals surface area contributed by atoms with E-state index in [2.05, 4.69) is 18.2 Å². The van der Waals surface area contributed by atoms with E-state index in [1.54, 1.807) is 28.4 Å². The van der Waals surface area contributed by atoms with Crippen LogP contribution in [0.2, 0.25) is 0 Å². The first-order chi connectivity index (χ1) is 13.7. The maximum Gasteiger partial charge on any atom is 0.166 e. The number of fused-ring (bicyclic) bond motifs is 3. The van der Waals surface area contributed by atoms with Crippen molar-refractivity contribution in [2.75, 3.05) is 28.4 Å². The molecule has 0 spiro atoms. The fraction of sp³-hybridized carbons (Fsp3) is 0.478. The SMILES string of the molecule is COc1cc2c(cc1OC)[C@@H]1CCCC[C@H]1O[C@@H]2c1cccc(OC)c1OC. The van der Waals surface area contributed by atoms with Crippen molar-refractivity contribution in [1.29, 1.82) is 0 Å². The number of para-hydroxylation sites is 1. The Balaban J connectivity index is 1.90. The van der Waals surface area contributed by atoms with Crippen molar-refractivity contribution < 1.29 is 23.7 Å². The van der Waals surface area contributed by atoms with Crippen LogP contribution in [0, 0.1) is 0 Å². The van der Waals surface area contributed by atoms with Gasteiger partial charge in [0.15, 0.2) is 23.0 Å². The van der Waals surface area contributed by atoms with E-state index < -0.39 is 0 Å². The molecule has 2 aromatic rings. The largest absolute Gasteiger partial charge is 0.493 e. The lowest BCUT2D eigenvalue weighted by atomic mass is 9.75. The van der Waals surface area contributed by atoms with Crippen LogP contribution in [-0.2, 0) is 4.74 Å². The summed E-state index contributed by atoms with van der Waals surface area (Å²) in [5.74, 6) is 3.28. The van der Waals surface area contributed by atoms with E-state index in [4.69, 9.17) is 23.7 Å². The van der Waals surface area contributed by atoms with E-state index in [9.17, 15) is 0 Å². The Morgan fingerprint density at radius 3 is 2.11 bits per heavy atom. The van der Waals surface area contributed by atoms with Crippen molar-refractivity contribution in [3.05, 3.63) is 47.0 Å². The van der Waals surface area contributed by atoms with Crippen LogP contribution in [0.15, 0.2) is 30.3 Å². The molecular formula is C23H28O5. The molecule has 2 aromatic carbocycles. The Kier molecular flexibility index (Phi) is 5.36. The summed E-state index contributed by atoms with van der Waals surface area (Å²) in [6.07, 6.45) is 4.59. The summed E-state index contributed by atoms with van der Waals surface area (Å²) in [4.78, 5) is 0. The molecule has 5 nitrogen and oxygen atoms in total. The van der Waals surface area contributed by atoms with Crippen molar-refractivity contribution in [2.45, 2.75) is 43.8 Å². The summed E-state index contributed by atoms with van der Waals surface area (Å²) in [7, 11) is 6.68. The first-order valence-corrected chi connectivity index (χ1v) is 9.84. The first kappa shape index (κ1) is 18.9. The van der Waals surface area contributed by atoms with Gasteiger partial charge in [-0.1, -0.05) is 25.0 Å². The van der Waals surface area contributed by atoms with Crippen molar-refractivity contribution in [2.24, 2.45) is 0 Å². The Morgan fingerprint density at radius 1 is 0.750 bits per heavy atom. The maximum absolute atomic E-state index is 6.69. The zero-order valence-corrected chi connectivity index (χ0v) is 17.0. The van der Waals surface area contributed by atoms with Crippen LogP contribution in [0.25, 0.3) is 0 Å². The average molecular weight is 384 g/mol. The van der Waals surface area contributed by atoms with Crippen LogP contribution < -0.4 is 18.9 Å². The normalized spacial score (nSPS) is 23.4. The highest BCUT2D eigenvalue weighted by molar-refractivity contribution is 5.56. The van der Waals surface area contributed by atoms with Gasteiger partial charge in [-0.2, -0.15) is 0 Å². The maximum atomic E-state index is 6.69. The Hall–Kier alpha value is -2.40. The molecule has 0 radical (unpaired) electrons. The molecule has 0 aromatic heterocycles. The van der Waals surface area contributed by atoms with Crippen molar-refractivity contribution in [3.63, 3.8) is 0 Å². The first-order valence-electron chi connectivity index (χ1n) is 9.84. The van der Waals surface area contributed by atoms with Gasteiger partial charge in [0, 0.05) is 11.5 Å². The van der Waals surface area contributed by atoms with Crippen LogP contribution in [0.5, 0.6) is 23.0 Å². The molecule has 1 fully saturated rings. The second kappa shape index (κ2) is 7.92. The molecule has 0 unspecified atom stereocenters. The third-order valence-electron chi connectivity index (χ3n) is 6.00. The molecule has 0 saturated heterocycles. The van der Waals surface area contributed by atoms with Gasteiger partial charge in [0.2, 0.25) is 0 Å². The third-order valence-corrected chi connectivity index (χ3v) is 6.00. The van der Waals surface area contributed by atoms with Gasteiger partial charge in [-0.15, -0.1) is 0 Å². The van der Waals surface area contributed by atoms with Crippen molar-refractivity contribution in [3.8, 4) is 23.0 Å². The molecule has 0 bridgehead atoms. The molecule has 2 aliphatic rings. The number of ether oxygens (including phenoxy) is 5. The van der Waals surface area contributed by atoms with Crippen molar-refractivity contribution >= 4 is 0 Å². The van der Waals surface area contributed by atoms with E-state index in [0.29, 0.717) is 23.2 Å². The quantitative estimate of drug-likeness (QED) is 0.736. The zero-order valence-electron chi connectivity index (χ0n) is 17.0. The van der Waals surface area contributed by atoms with Crippen LogP contribution in [0.3, 0.4) is 0 Å². The van der Waals surface area contributed by atoms with E-state index in [-0.39, 0.29) is 12.2 Å². The van der Waals surface area contributed by atoms with Gasteiger partial charge in [0.25, 0.3) is 0 Å². The molecule has 0 amide bonds. The van der Waals surface area contributed by atoms with Gasteiger partial charge >= 0.3 is 0 Å². The fourth-order valence-electron chi connectivity index (χ4n) is 4.68. The smallest absolute Gasteiger partial charge is 0.166 e. The summed E-state index contributed by atoms with van der Waals surface area (Å²) in [5, 5.41) is 0. The lowest BCUT2D eigenvalue weighted by Gasteiger charge is -2.42. The van der Waals surface area contributed by atoms with Crippen LogP contribution in [-0.4, -0.2) is 34.5 Å². The highest BCUT2D eigenvalue weighted by atomic mass is 16.5. The molecule has 1 aliphatic carbocycles. The third kappa shape index (κ3) is 3.08. The monoisotopic (exact) mass is 384 g/mol. The molecule has 150 valence electrons. The minimum Gasteiger partial charge on any atom is -0.493 e. The minimum atomic E-state index is -0.237. The van der Waals surface area contributed by atoms with Crippen LogP contribution in [0.4, 0.5) is 0 Å². The van der Waals surface area contributed by atoms with E-state index >= 15 is 0 Å². The highest BCUT2D eigenvalue weighted by Gasteiger charge is 2.40. The number of hydrogen-bond donors (Lipinski definition) is 0. The Labute approximate surface area is 166 Å². The number of methoxy groups -OCH3 is 4. The van der Waals surface area contributed by atoms with Gasteiger partial charge in [-0.05, 0) is 42.2 Å². The highest BCUT2D eigenvalue weighted by Crippen LogP contribution is 2.51. The summed E-state index contributed by atoms with van der Waals surface area (Å²) in [5.41, 5.74) is 3.38. The van der Waals surface area contributed by atoms with Crippen LogP contribution in [0.1, 0.15) is 54.4 Å². The van der Waals surface area contributed by atoms with E-state index in [1.165, 1.54) is 18.4 Å². The molecule has 28 heavy (non-hydrogen) atoms. The molecule has 5 heteroatoms. The lowest BCUT2D eigenvalue weighted by Crippen LogP contribution is -2.34. The lowest BCUT2D eigenvalue weighted by molar-refractivity contribution is -0.0399. The minimum absolute atomic E-state index is 0.195. The predicted molar refractivity (Wildman–Crippen MR) is 107 cm³/mol. The Bertz CT molecular complexity index is 847. The summed E-state index contributed by atoms with van der Waals surface area (Å²) < 4.78 is 29.1. The molecule has 1 heterocycles. The van der Waals surface area contributed by atoms with E-state index in [1.807, 2.05) is 12.1 Å². The zero-order chi connectivity index (χ0) is 19.7. The van der Waals surface area contributed by atoms with Gasteiger partial charge < -0.3 is 23.7 Å². The summed E-state index contributed by atoms with van der Waals surface area (Å²) in [6.45, 7) is 0. The van der Waals surface area contributed by atoms with E-state index in [0.717, 1.165) is 29.7 Å². The van der Waals surface area contributed by atoms with Crippen molar-refractivity contribution in [1.82, 2.24) is 0 Å². The molecule has 0 N–H and O–H groups in total. The Morgan fingerprint density at radius 2 is 1.43 bits per heavy atom. The predicted octanol–water partition coefficient (Wildman–Crippen LogP) is 4.87. The summed E-state index contributed by atoms with van der Waals surface area (Å²) in [6, 6.07) is 10.1. The van der Waals surface area contributed by atoms with Gasteiger partial charge in [-0.3, -0.25) is 0 Å². The standard InChI is InChI=1S/C23H28O5/c1-24-19-11-7-9-15(23(19)27-4)22-17-13-21(26-3)20(25-2)12-16(17)14-8-5-6-10-18(14)28-22/h7,9,11-14,18,22H,5-6,8,10H2,1-4H3/t14-,18+,22+/m0/s1. The molecule has 4 rings (SSSR count). The second-order valence-electron chi connectivity index (χ2n) is 7.36. The number of rotatable bonds is 5. The van der Waals surface area contributed by atoms with Gasteiger partial charge in [0.1, 0.15) is 6.10 Å². The van der Waals surface area contributed by atoms with Gasteiger partial charge in [0.05, 0.1) is 34.5 Å². The fourth-order valence-corrected chi connectivity index (χ4v) is 4.68. The molecule has 1 saturated carbocycles. The molecule has 3 atom stereocenters. The second-order valence-corrected chi connectivity index (χ2v) is 7.36. The summed E-state index contributed by atoms with van der Waals surface area (Å²) >= 11 is 0. The number of hydrogen-bond acceptors (Lipinski definition) is 5. The number of benzene rings is 2.